The van der Waals surface area contributed by atoms with Crippen LogP contribution in [0.4, 0.5) is 15.6 Å². The van der Waals surface area contributed by atoms with Crippen LogP contribution in [0.25, 0.3) is 10.2 Å². The number of likely N-dealkylation sites (tertiary alicyclic amines) is 1. The Morgan fingerprint density at radius 2 is 2.00 bits per heavy atom. The van der Waals surface area contributed by atoms with Gasteiger partial charge in [-0.15, -0.1) is 0 Å². The number of carbonyl (C=O) groups excluding carboxylic acids is 1. The van der Waals surface area contributed by atoms with E-state index in [1.165, 1.54) is 11.3 Å². The predicted molar refractivity (Wildman–Crippen MR) is 111 cm³/mol. The molecular weight excluding hydrogens is 380 g/mol. The summed E-state index contributed by atoms with van der Waals surface area (Å²) in [7, 11) is 1.63. The first-order valence-electron chi connectivity index (χ1n) is 9.58. The Morgan fingerprint density at radius 3 is 2.68 bits per heavy atom. The van der Waals surface area contributed by atoms with Gasteiger partial charge in [-0.1, -0.05) is 11.3 Å². The lowest BCUT2D eigenvalue weighted by Gasteiger charge is -2.32. The maximum absolute atomic E-state index is 12.7. The maximum Gasteiger partial charge on any atom is 0.323 e. The van der Waals surface area contributed by atoms with Crippen molar-refractivity contribution in [2.24, 2.45) is 0 Å². The van der Waals surface area contributed by atoms with Gasteiger partial charge in [0, 0.05) is 45.9 Å². The lowest BCUT2D eigenvalue weighted by atomic mass is 9.94. The van der Waals surface area contributed by atoms with Gasteiger partial charge < -0.3 is 24.4 Å². The van der Waals surface area contributed by atoms with Gasteiger partial charge in [0.15, 0.2) is 10.7 Å². The normalized spacial score (nSPS) is 19.7. The number of thiazole rings is 1. The third-order valence-electron chi connectivity index (χ3n) is 5.43. The molecule has 2 saturated heterocycles. The highest BCUT2D eigenvalue weighted by Crippen LogP contribution is 2.39. The van der Waals surface area contributed by atoms with Gasteiger partial charge >= 0.3 is 6.03 Å². The van der Waals surface area contributed by atoms with Gasteiger partial charge in [0.2, 0.25) is 0 Å². The monoisotopic (exact) mass is 407 g/mol. The number of nitrogens with zero attached hydrogens (tertiary/aromatic N) is 3. The molecule has 0 spiro atoms. The Balaban J connectivity index is 1.57. The van der Waals surface area contributed by atoms with Crippen LogP contribution in [0.3, 0.4) is 0 Å². The molecule has 1 aromatic carbocycles. The first kappa shape index (κ1) is 19.2. The third-order valence-corrected chi connectivity index (χ3v) is 6.42. The molecule has 8 nitrogen and oxygen atoms in total. The molecule has 3 heterocycles. The lowest BCUT2D eigenvalue weighted by Crippen LogP contribution is -2.46. The van der Waals surface area contributed by atoms with Crippen LogP contribution in [0.15, 0.2) is 12.1 Å². The van der Waals surface area contributed by atoms with E-state index >= 15 is 0 Å². The van der Waals surface area contributed by atoms with E-state index in [4.69, 9.17) is 14.6 Å². The average molecular weight is 408 g/mol. The highest BCUT2D eigenvalue weighted by Gasteiger charge is 2.33. The molecule has 2 aliphatic rings. The van der Waals surface area contributed by atoms with Crippen LogP contribution in [0.5, 0.6) is 5.75 Å². The van der Waals surface area contributed by atoms with Crippen molar-refractivity contribution < 1.29 is 19.4 Å². The minimum absolute atomic E-state index is 0.151. The van der Waals surface area contributed by atoms with E-state index in [2.05, 4.69) is 21.3 Å². The first-order valence-corrected chi connectivity index (χ1v) is 10.4. The second kappa shape index (κ2) is 7.73. The van der Waals surface area contributed by atoms with Gasteiger partial charge in [-0.05, 0) is 12.1 Å². The number of methoxy groups -OCH3 is 1. The van der Waals surface area contributed by atoms with Crippen molar-refractivity contribution in [2.75, 3.05) is 56.7 Å². The maximum atomic E-state index is 12.7. The SMILES string of the molecule is COc1ccc(N2CCOCC2)c2sc(NC(=O)N3CCC(C)([OH2+])CC3)nc12. The lowest BCUT2D eigenvalue weighted by molar-refractivity contribution is 0.00570. The number of rotatable bonds is 3. The van der Waals surface area contributed by atoms with Crippen molar-refractivity contribution in [1.29, 1.82) is 0 Å². The number of hydrogen-bond acceptors (Lipinski definition) is 6. The molecule has 0 aliphatic carbocycles. The number of amides is 2. The number of fused-ring (bicyclic) bond motifs is 1. The minimum Gasteiger partial charge on any atom is -0.494 e. The van der Waals surface area contributed by atoms with Gasteiger partial charge in [-0.25, -0.2) is 9.78 Å². The van der Waals surface area contributed by atoms with Gasteiger partial charge in [-0.2, -0.15) is 0 Å². The van der Waals surface area contributed by atoms with Gasteiger partial charge in [-0.3, -0.25) is 5.32 Å². The second-order valence-corrected chi connectivity index (χ2v) is 8.56. The number of carbonyl (C=O) groups is 1. The van der Waals surface area contributed by atoms with Crippen molar-refractivity contribution in [1.82, 2.24) is 9.88 Å². The molecule has 1 aromatic heterocycles. The molecule has 0 radical (unpaired) electrons. The molecule has 0 bridgehead atoms. The summed E-state index contributed by atoms with van der Waals surface area (Å²) in [5, 5.41) is 11.6. The van der Waals surface area contributed by atoms with E-state index in [0.29, 0.717) is 50.0 Å². The average Bonchev–Trinajstić information content (AvgIpc) is 3.11. The first-order chi connectivity index (χ1) is 13.5. The molecule has 0 atom stereocenters. The summed E-state index contributed by atoms with van der Waals surface area (Å²) in [4.78, 5) is 21.4. The minimum atomic E-state index is -0.437. The molecule has 152 valence electrons. The summed E-state index contributed by atoms with van der Waals surface area (Å²) < 4.78 is 12.0. The Morgan fingerprint density at radius 1 is 1.29 bits per heavy atom. The quantitative estimate of drug-likeness (QED) is 0.788. The number of morpholine rings is 1. The number of aromatic nitrogens is 1. The number of ether oxygens (including phenoxy) is 2. The van der Waals surface area contributed by atoms with E-state index in [9.17, 15) is 4.79 Å². The topological polar surface area (TPSA) is 89.8 Å². The van der Waals surface area contributed by atoms with Crippen molar-refractivity contribution >= 4 is 38.4 Å². The van der Waals surface area contributed by atoms with Gasteiger partial charge in [0.1, 0.15) is 11.3 Å². The fraction of sp³-hybridized carbons (Fsp3) is 0.579. The van der Waals surface area contributed by atoms with Gasteiger partial charge in [0.25, 0.3) is 0 Å². The van der Waals surface area contributed by atoms with Crippen LogP contribution in [0, 0.1) is 0 Å². The van der Waals surface area contributed by atoms with Crippen LogP contribution in [-0.4, -0.2) is 73.1 Å². The Hall–Kier alpha value is -2.10. The molecule has 0 unspecified atom stereocenters. The molecule has 2 aromatic rings. The van der Waals surface area contributed by atoms with Crippen LogP contribution in [0.1, 0.15) is 19.8 Å². The molecule has 4 rings (SSSR count). The predicted octanol–water partition coefficient (Wildman–Crippen LogP) is 2.25. The summed E-state index contributed by atoms with van der Waals surface area (Å²) in [6.45, 7) is 6.20. The van der Waals surface area contributed by atoms with E-state index in [1.807, 2.05) is 13.0 Å². The fourth-order valence-corrected chi connectivity index (χ4v) is 4.63. The Kier molecular flexibility index (Phi) is 5.31. The smallest absolute Gasteiger partial charge is 0.323 e. The van der Waals surface area contributed by atoms with Crippen LogP contribution in [-0.2, 0) is 4.74 Å². The molecule has 28 heavy (non-hydrogen) atoms. The van der Waals surface area contributed by atoms with Crippen LogP contribution in [0.2, 0.25) is 0 Å². The Labute approximate surface area is 168 Å². The zero-order valence-electron chi connectivity index (χ0n) is 16.3. The molecule has 2 fully saturated rings. The molecule has 2 aliphatic heterocycles. The third kappa shape index (κ3) is 3.87. The van der Waals surface area contributed by atoms with E-state index < -0.39 is 5.60 Å². The summed E-state index contributed by atoms with van der Waals surface area (Å²) in [6.07, 6.45) is 1.38. The number of hydrogen-bond donors (Lipinski definition) is 1. The molecular formula is C19H27N4O4S+. The highest BCUT2D eigenvalue weighted by atomic mass is 32.1. The number of benzene rings is 1. The molecule has 0 saturated carbocycles. The number of nitrogens with one attached hydrogen (secondary N) is 1. The van der Waals surface area contributed by atoms with Crippen molar-refractivity contribution in [3.8, 4) is 5.75 Å². The summed E-state index contributed by atoms with van der Waals surface area (Å²) >= 11 is 1.47. The van der Waals surface area contributed by atoms with Crippen molar-refractivity contribution in [3.63, 3.8) is 0 Å². The summed E-state index contributed by atoms with van der Waals surface area (Å²) in [6, 6.07) is 3.83. The standard InChI is InChI=1S/C19H26N4O4S/c1-19(25)5-7-23(8-6-19)18(24)21-17-20-15-14(26-2)4-3-13(16(15)28-17)22-9-11-27-12-10-22/h3-4,25H,5-12H2,1-2H3,(H,20,21,24)/p+1. The van der Waals surface area contributed by atoms with Gasteiger partial charge in [0.05, 0.1) is 30.7 Å². The fourth-order valence-electron chi connectivity index (χ4n) is 3.62. The summed E-state index contributed by atoms with van der Waals surface area (Å²) in [5.41, 5.74) is 1.43. The molecule has 3 N–H and O–H groups in total. The number of piperidine rings is 1. The van der Waals surface area contributed by atoms with Crippen molar-refractivity contribution in [3.05, 3.63) is 12.1 Å². The number of urea groups is 1. The van der Waals surface area contributed by atoms with E-state index in [-0.39, 0.29) is 6.03 Å². The molecule has 9 heteroatoms. The summed E-state index contributed by atoms with van der Waals surface area (Å²) in [5.74, 6) is 0.701. The zero-order valence-corrected chi connectivity index (χ0v) is 17.1. The van der Waals surface area contributed by atoms with Crippen molar-refractivity contribution in [2.45, 2.75) is 25.4 Å². The van der Waals surface area contributed by atoms with Crippen LogP contribution >= 0.6 is 11.3 Å². The Bertz CT molecular complexity index is 853. The largest absolute Gasteiger partial charge is 0.494 e. The number of anilines is 2. The molecule has 2 amide bonds. The highest BCUT2D eigenvalue weighted by molar-refractivity contribution is 7.23. The zero-order chi connectivity index (χ0) is 19.7. The van der Waals surface area contributed by atoms with E-state index in [1.54, 1.807) is 12.0 Å². The second-order valence-electron chi connectivity index (χ2n) is 7.56. The van der Waals surface area contributed by atoms with Crippen LogP contribution < -0.4 is 15.0 Å². The van der Waals surface area contributed by atoms with E-state index in [0.717, 1.165) is 29.0 Å².